The summed E-state index contributed by atoms with van der Waals surface area (Å²) in [5.41, 5.74) is 0.368. The monoisotopic (exact) mass is 532 g/mol. The first-order chi connectivity index (χ1) is 18.0. The zero-order valence-electron chi connectivity index (χ0n) is 22.0. The largest absolute Gasteiger partial charge is 0.416 e. The van der Waals surface area contributed by atoms with Gasteiger partial charge in [0.15, 0.2) is 0 Å². The number of hydrogen-bond acceptors (Lipinski definition) is 5. The van der Waals surface area contributed by atoms with Crippen molar-refractivity contribution in [3.05, 3.63) is 63.1 Å². The Morgan fingerprint density at radius 2 is 1.87 bits per heavy atom. The molecule has 3 fully saturated rings. The smallest absolute Gasteiger partial charge is 0.381 e. The van der Waals surface area contributed by atoms with Crippen LogP contribution in [0.4, 0.5) is 18.9 Å². The number of fused-ring (bicyclic) bond motifs is 2. The van der Waals surface area contributed by atoms with Crippen molar-refractivity contribution < 1.29 is 22.7 Å². The Morgan fingerprint density at radius 1 is 1.13 bits per heavy atom. The molecule has 2 aromatic rings. The Kier molecular flexibility index (Phi) is 7.30. The molecule has 0 saturated carbocycles. The van der Waals surface area contributed by atoms with Gasteiger partial charge in [0, 0.05) is 49.6 Å². The maximum absolute atomic E-state index is 13.7. The molecule has 1 aromatic heterocycles. The van der Waals surface area contributed by atoms with Crippen LogP contribution in [0.5, 0.6) is 0 Å². The minimum atomic E-state index is -4.48. The molecule has 38 heavy (non-hydrogen) atoms. The second-order valence-electron chi connectivity index (χ2n) is 10.9. The van der Waals surface area contributed by atoms with Crippen molar-refractivity contribution in [2.75, 3.05) is 25.6 Å². The standard InChI is InChI=1S/C28H35F3N4O3/c1-16-20(5-4-6-22(16)28(29,30)31)17(2)32-27(37)21-15-35(18-9-11-38-12-10-18)26(36)14-23(21)33-24-13-19-7-8-25(24)34(19)3/h4-6,14-15,17-19,24-25,33H,7-13H2,1-3H3,(H,32,37)/t17?,19-,24+,25+/m1/s1. The third kappa shape index (κ3) is 5.08. The molecular weight excluding hydrogens is 497 g/mol. The van der Waals surface area contributed by atoms with E-state index >= 15 is 0 Å². The average Bonchev–Trinajstić information content (AvgIpc) is 3.37. The number of alkyl halides is 3. The molecule has 2 bridgehead atoms. The summed E-state index contributed by atoms with van der Waals surface area (Å²) in [7, 11) is 2.11. The number of nitrogens with zero attached hydrogens (tertiary/aromatic N) is 2. The molecule has 5 rings (SSSR count). The number of pyridine rings is 1. The first kappa shape index (κ1) is 26.7. The highest BCUT2D eigenvalue weighted by atomic mass is 19.4. The van der Waals surface area contributed by atoms with E-state index in [0.717, 1.165) is 25.3 Å². The fraction of sp³-hybridized carbons (Fsp3) is 0.571. The summed E-state index contributed by atoms with van der Waals surface area (Å²) in [5, 5.41) is 6.38. The van der Waals surface area contributed by atoms with Crippen LogP contribution in [0.15, 0.2) is 35.3 Å². The van der Waals surface area contributed by atoms with Crippen LogP contribution in [-0.2, 0) is 10.9 Å². The lowest BCUT2D eigenvalue weighted by atomic mass is 9.95. The highest BCUT2D eigenvalue weighted by Crippen LogP contribution is 2.38. The van der Waals surface area contributed by atoms with Gasteiger partial charge >= 0.3 is 6.18 Å². The second-order valence-corrected chi connectivity index (χ2v) is 10.9. The maximum atomic E-state index is 13.7. The highest BCUT2D eigenvalue weighted by Gasteiger charge is 2.44. The summed E-state index contributed by atoms with van der Waals surface area (Å²) in [6.45, 7) is 4.18. The molecule has 0 aliphatic carbocycles. The number of ether oxygens (including phenoxy) is 1. The Morgan fingerprint density at radius 3 is 2.50 bits per heavy atom. The average molecular weight is 533 g/mol. The predicted molar refractivity (Wildman–Crippen MR) is 138 cm³/mol. The van der Waals surface area contributed by atoms with E-state index in [0.29, 0.717) is 55.0 Å². The van der Waals surface area contributed by atoms with Gasteiger partial charge < -0.3 is 19.9 Å². The molecular formula is C28H35F3N4O3. The molecule has 3 aliphatic heterocycles. The molecule has 2 N–H and O–H groups in total. The number of carbonyl (C=O) groups excluding carboxylic acids is 1. The van der Waals surface area contributed by atoms with E-state index in [1.165, 1.54) is 19.1 Å². The van der Waals surface area contributed by atoms with E-state index in [1.807, 2.05) is 0 Å². The fourth-order valence-corrected chi connectivity index (χ4v) is 6.49. The number of nitrogens with one attached hydrogen (secondary N) is 2. The summed E-state index contributed by atoms with van der Waals surface area (Å²) in [4.78, 5) is 29.2. The van der Waals surface area contributed by atoms with Crippen LogP contribution in [0, 0.1) is 6.92 Å². The number of hydrogen-bond donors (Lipinski definition) is 2. The van der Waals surface area contributed by atoms with E-state index in [2.05, 4.69) is 22.6 Å². The first-order valence-electron chi connectivity index (χ1n) is 13.3. The Balaban J connectivity index is 1.45. The lowest BCUT2D eigenvalue weighted by Crippen LogP contribution is -2.37. The first-order valence-corrected chi connectivity index (χ1v) is 13.3. The Hall–Kier alpha value is -2.85. The maximum Gasteiger partial charge on any atom is 0.416 e. The van der Waals surface area contributed by atoms with Crippen molar-refractivity contribution in [3.63, 3.8) is 0 Å². The molecule has 0 spiro atoms. The van der Waals surface area contributed by atoms with Crippen molar-refractivity contribution in [1.82, 2.24) is 14.8 Å². The fourth-order valence-electron chi connectivity index (χ4n) is 6.49. The molecule has 1 amide bonds. The van der Waals surface area contributed by atoms with Gasteiger partial charge in [-0.3, -0.25) is 14.5 Å². The number of carbonyl (C=O) groups is 1. The Labute approximate surface area is 220 Å². The predicted octanol–water partition coefficient (Wildman–Crippen LogP) is 4.67. The summed E-state index contributed by atoms with van der Waals surface area (Å²) in [6.07, 6.45) is 1.62. The Bertz CT molecular complexity index is 1250. The van der Waals surface area contributed by atoms with Gasteiger partial charge in [0.2, 0.25) is 0 Å². The molecule has 10 heteroatoms. The van der Waals surface area contributed by atoms with Crippen LogP contribution in [0.2, 0.25) is 0 Å². The van der Waals surface area contributed by atoms with Gasteiger partial charge in [-0.25, -0.2) is 0 Å². The lowest BCUT2D eigenvalue weighted by Gasteiger charge is -2.28. The van der Waals surface area contributed by atoms with Gasteiger partial charge in [-0.1, -0.05) is 12.1 Å². The van der Waals surface area contributed by atoms with Crippen molar-refractivity contribution in [3.8, 4) is 0 Å². The van der Waals surface area contributed by atoms with Crippen molar-refractivity contribution in [2.24, 2.45) is 0 Å². The van der Waals surface area contributed by atoms with Gasteiger partial charge in [0.1, 0.15) is 0 Å². The minimum absolute atomic E-state index is 0.0754. The van der Waals surface area contributed by atoms with E-state index in [4.69, 9.17) is 4.74 Å². The van der Waals surface area contributed by atoms with Crippen molar-refractivity contribution in [1.29, 1.82) is 0 Å². The van der Waals surface area contributed by atoms with Gasteiger partial charge in [-0.2, -0.15) is 13.2 Å². The quantitative estimate of drug-likeness (QED) is 0.566. The molecule has 4 atom stereocenters. The van der Waals surface area contributed by atoms with E-state index in [-0.39, 0.29) is 23.2 Å². The van der Waals surface area contributed by atoms with E-state index in [1.54, 1.807) is 23.8 Å². The molecule has 206 valence electrons. The molecule has 3 saturated heterocycles. The number of likely N-dealkylation sites (N-methyl/N-ethyl adjacent to an activating group) is 1. The summed E-state index contributed by atoms with van der Waals surface area (Å²) < 4.78 is 47.5. The summed E-state index contributed by atoms with van der Waals surface area (Å²) in [5.74, 6) is -0.436. The van der Waals surface area contributed by atoms with Crippen LogP contribution in [0.1, 0.15) is 78.2 Å². The van der Waals surface area contributed by atoms with E-state index in [9.17, 15) is 22.8 Å². The number of amides is 1. The van der Waals surface area contributed by atoms with Crippen molar-refractivity contribution in [2.45, 2.75) is 82.3 Å². The third-order valence-electron chi connectivity index (χ3n) is 8.63. The highest BCUT2D eigenvalue weighted by molar-refractivity contribution is 5.99. The van der Waals surface area contributed by atoms with Gasteiger partial charge in [0.05, 0.1) is 22.9 Å². The van der Waals surface area contributed by atoms with Crippen molar-refractivity contribution >= 4 is 11.6 Å². The number of anilines is 1. The van der Waals surface area contributed by atoms with Gasteiger partial charge in [-0.05, 0) is 70.2 Å². The molecule has 7 nitrogen and oxygen atoms in total. The van der Waals surface area contributed by atoms with Crippen LogP contribution < -0.4 is 16.2 Å². The summed E-state index contributed by atoms with van der Waals surface area (Å²) in [6, 6.07) is 5.69. The van der Waals surface area contributed by atoms with Gasteiger partial charge in [-0.15, -0.1) is 0 Å². The van der Waals surface area contributed by atoms with Crippen LogP contribution >= 0.6 is 0 Å². The number of rotatable bonds is 6. The molecule has 1 unspecified atom stereocenters. The lowest BCUT2D eigenvalue weighted by molar-refractivity contribution is -0.138. The third-order valence-corrected chi connectivity index (χ3v) is 8.63. The zero-order valence-corrected chi connectivity index (χ0v) is 22.0. The molecule has 3 aliphatic rings. The zero-order chi connectivity index (χ0) is 27.2. The molecule has 4 heterocycles. The SMILES string of the molecule is Cc1c(C(C)NC(=O)c2cn(C3CCOCC3)c(=O)cc2N[C@H]2C[C@H]3CC[C@@H]2N3C)cccc1C(F)(F)F. The number of aromatic nitrogens is 1. The number of benzene rings is 1. The van der Waals surface area contributed by atoms with Crippen LogP contribution in [0.3, 0.4) is 0 Å². The van der Waals surface area contributed by atoms with Crippen LogP contribution in [0.25, 0.3) is 0 Å². The van der Waals surface area contributed by atoms with Crippen LogP contribution in [-0.4, -0.2) is 53.8 Å². The number of halogens is 3. The topological polar surface area (TPSA) is 75.6 Å². The summed E-state index contributed by atoms with van der Waals surface area (Å²) >= 11 is 0. The van der Waals surface area contributed by atoms with Gasteiger partial charge in [0.25, 0.3) is 11.5 Å². The molecule has 1 aromatic carbocycles. The second kappa shape index (κ2) is 10.4. The minimum Gasteiger partial charge on any atom is -0.381 e. The van der Waals surface area contributed by atoms with E-state index < -0.39 is 23.7 Å². The molecule has 0 radical (unpaired) electrons. The normalized spacial score (nSPS) is 24.9.